The highest BCUT2D eigenvalue weighted by atomic mass is 16.5. The molecule has 4 rings (SSSR count). The molecule has 1 atom stereocenters. The number of hydrazone groups is 1. The van der Waals surface area contributed by atoms with E-state index in [2.05, 4.69) is 10.5 Å². The van der Waals surface area contributed by atoms with Gasteiger partial charge in [-0.25, -0.2) is 10.2 Å². The van der Waals surface area contributed by atoms with Gasteiger partial charge in [-0.1, -0.05) is 12.1 Å². The topological polar surface area (TPSA) is 74.2 Å². The van der Waals surface area contributed by atoms with E-state index >= 15 is 0 Å². The molecule has 120 valence electrons. The molecular formula is C16H18N4O3. The van der Waals surface area contributed by atoms with Crippen LogP contribution in [-0.2, 0) is 4.79 Å². The van der Waals surface area contributed by atoms with Gasteiger partial charge in [0.05, 0.1) is 24.4 Å². The lowest BCUT2D eigenvalue weighted by atomic mass is 10.0. The highest BCUT2D eigenvalue weighted by molar-refractivity contribution is 6.06. The number of ether oxygens (including phenoxy) is 1. The standard InChI is InChI=1S/C16H18N4O3/c21-15-9-12(17-18-15)11-5-6-19(10-11)16(22)20-7-8-23-14-4-2-1-3-13(14)20/h1-4,11H,5-10H2,(H,18,21). The lowest BCUT2D eigenvalue weighted by Gasteiger charge is -2.32. The zero-order valence-corrected chi connectivity index (χ0v) is 12.7. The largest absolute Gasteiger partial charge is 0.490 e. The number of amides is 3. The average molecular weight is 314 g/mol. The molecule has 0 spiro atoms. The number of rotatable bonds is 1. The second-order valence-electron chi connectivity index (χ2n) is 6.00. The number of likely N-dealkylation sites (tertiary alicyclic amines) is 1. The van der Waals surface area contributed by atoms with E-state index < -0.39 is 0 Å². The number of benzene rings is 1. The highest BCUT2D eigenvalue weighted by Gasteiger charge is 2.35. The van der Waals surface area contributed by atoms with Crippen molar-refractivity contribution in [3.63, 3.8) is 0 Å². The van der Waals surface area contributed by atoms with Crippen LogP contribution in [0, 0.1) is 5.92 Å². The fourth-order valence-corrected chi connectivity index (χ4v) is 3.36. The molecule has 0 aromatic heterocycles. The third-order valence-corrected chi connectivity index (χ3v) is 4.56. The molecule has 0 radical (unpaired) electrons. The van der Waals surface area contributed by atoms with Gasteiger partial charge in [-0.2, -0.15) is 5.10 Å². The third-order valence-electron chi connectivity index (χ3n) is 4.56. The van der Waals surface area contributed by atoms with Crippen molar-refractivity contribution in [2.75, 3.05) is 31.1 Å². The summed E-state index contributed by atoms with van der Waals surface area (Å²) in [6.45, 7) is 2.37. The van der Waals surface area contributed by atoms with E-state index in [1.54, 1.807) is 4.90 Å². The molecule has 1 aromatic carbocycles. The van der Waals surface area contributed by atoms with Crippen molar-refractivity contribution >= 4 is 23.3 Å². The van der Waals surface area contributed by atoms with Gasteiger partial charge in [0, 0.05) is 19.0 Å². The van der Waals surface area contributed by atoms with Crippen LogP contribution in [0.15, 0.2) is 29.4 Å². The molecule has 3 aliphatic rings. The molecule has 1 unspecified atom stereocenters. The molecule has 7 heteroatoms. The van der Waals surface area contributed by atoms with Crippen molar-refractivity contribution in [2.24, 2.45) is 11.0 Å². The lowest BCUT2D eigenvalue weighted by Crippen LogP contribution is -2.46. The van der Waals surface area contributed by atoms with Crippen LogP contribution >= 0.6 is 0 Å². The second-order valence-corrected chi connectivity index (χ2v) is 6.00. The van der Waals surface area contributed by atoms with Gasteiger partial charge in [-0.15, -0.1) is 0 Å². The van der Waals surface area contributed by atoms with Crippen LogP contribution in [0.5, 0.6) is 5.75 Å². The number of urea groups is 1. The molecule has 0 aliphatic carbocycles. The van der Waals surface area contributed by atoms with E-state index in [4.69, 9.17) is 4.74 Å². The Morgan fingerprint density at radius 2 is 2.17 bits per heavy atom. The Bertz CT molecular complexity index is 688. The summed E-state index contributed by atoms with van der Waals surface area (Å²) in [7, 11) is 0. The minimum absolute atomic E-state index is 0.00105. The summed E-state index contributed by atoms with van der Waals surface area (Å²) in [6.07, 6.45) is 1.21. The minimum Gasteiger partial charge on any atom is -0.490 e. The van der Waals surface area contributed by atoms with E-state index in [1.807, 2.05) is 29.2 Å². The Balaban J connectivity index is 1.48. The maximum atomic E-state index is 12.9. The number of nitrogens with one attached hydrogen (secondary N) is 1. The number of carbonyl (C=O) groups is 2. The first-order valence-electron chi connectivity index (χ1n) is 7.86. The minimum atomic E-state index is -0.0631. The SMILES string of the molecule is O=C1CC(C2CCN(C(=O)N3CCOc4ccccc43)C2)=NN1. The van der Waals surface area contributed by atoms with Crippen molar-refractivity contribution < 1.29 is 14.3 Å². The Labute approximate surface area is 133 Å². The van der Waals surface area contributed by atoms with E-state index in [9.17, 15) is 9.59 Å². The van der Waals surface area contributed by atoms with Gasteiger partial charge in [0.1, 0.15) is 12.4 Å². The van der Waals surface area contributed by atoms with Gasteiger partial charge in [0.25, 0.3) is 0 Å². The smallest absolute Gasteiger partial charge is 0.324 e. The normalized spacial score (nSPS) is 23.2. The number of nitrogens with zero attached hydrogens (tertiary/aromatic N) is 3. The number of fused-ring (bicyclic) bond motifs is 1. The summed E-state index contributed by atoms with van der Waals surface area (Å²) < 4.78 is 5.60. The highest BCUT2D eigenvalue weighted by Crippen LogP contribution is 2.32. The van der Waals surface area contributed by atoms with E-state index in [-0.39, 0.29) is 17.9 Å². The molecule has 3 amide bonds. The molecule has 1 saturated heterocycles. The van der Waals surface area contributed by atoms with E-state index in [0.717, 1.165) is 23.6 Å². The first-order chi connectivity index (χ1) is 11.2. The van der Waals surface area contributed by atoms with Gasteiger partial charge < -0.3 is 9.64 Å². The van der Waals surface area contributed by atoms with Crippen molar-refractivity contribution in [2.45, 2.75) is 12.8 Å². The molecule has 3 aliphatic heterocycles. The molecule has 3 heterocycles. The molecular weight excluding hydrogens is 296 g/mol. The summed E-state index contributed by atoms with van der Waals surface area (Å²) in [5, 5.41) is 4.09. The summed E-state index contributed by atoms with van der Waals surface area (Å²) in [5.41, 5.74) is 4.18. The average Bonchev–Trinajstić information content (AvgIpc) is 3.22. The number of anilines is 1. The Morgan fingerprint density at radius 3 is 3.00 bits per heavy atom. The predicted molar refractivity (Wildman–Crippen MR) is 84.6 cm³/mol. The number of hydrogen-bond acceptors (Lipinski definition) is 4. The second kappa shape index (κ2) is 5.57. The van der Waals surface area contributed by atoms with Crippen molar-refractivity contribution in [3.8, 4) is 5.75 Å². The van der Waals surface area contributed by atoms with Crippen LogP contribution < -0.4 is 15.1 Å². The van der Waals surface area contributed by atoms with E-state index in [0.29, 0.717) is 32.7 Å². The van der Waals surface area contributed by atoms with Gasteiger partial charge in [-0.3, -0.25) is 9.69 Å². The molecule has 0 saturated carbocycles. The van der Waals surface area contributed by atoms with Crippen molar-refractivity contribution in [1.82, 2.24) is 10.3 Å². The molecule has 23 heavy (non-hydrogen) atoms. The lowest BCUT2D eigenvalue weighted by molar-refractivity contribution is -0.119. The molecule has 1 N–H and O–H groups in total. The fraction of sp³-hybridized carbons (Fsp3) is 0.438. The summed E-state index contributed by atoms with van der Waals surface area (Å²) in [4.78, 5) is 27.8. The van der Waals surface area contributed by atoms with Crippen molar-refractivity contribution in [3.05, 3.63) is 24.3 Å². The zero-order chi connectivity index (χ0) is 15.8. The summed E-state index contributed by atoms with van der Waals surface area (Å²) >= 11 is 0. The number of carbonyl (C=O) groups excluding carboxylic acids is 2. The molecule has 1 aromatic rings. The Morgan fingerprint density at radius 1 is 1.30 bits per heavy atom. The number of hydrogen-bond donors (Lipinski definition) is 1. The van der Waals surface area contributed by atoms with Crippen LogP contribution in [0.2, 0.25) is 0 Å². The monoisotopic (exact) mass is 314 g/mol. The van der Waals surface area contributed by atoms with Crippen LogP contribution in [0.1, 0.15) is 12.8 Å². The van der Waals surface area contributed by atoms with Crippen LogP contribution in [-0.4, -0.2) is 48.8 Å². The van der Waals surface area contributed by atoms with Gasteiger partial charge in [0.2, 0.25) is 5.91 Å². The summed E-state index contributed by atoms with van der Waals surface area (Å²) in [6, 6.07) is 7.60. The molecule has 0 bridgehead atoms. The van der Waals surface area contributed by atoms with E-state index in [1.165, 1.54) is 0 Å². The van der Waals surface area contributed by atoms with Gasteiger partial charge in [-0.05, 0) is 18.6 Å². The Hall–Kier alpha value is -2.57. The first kappa shape index (κ1) is 14.0. The Kier molecular flexibility index (Phi) is 3.40. The summed E-state index contributed by atoms with van der Waals surface area (Å²) in [5.74, 6) is 0.860. The van der Waals surface area contributed by atoms with Crippen LogP contribution in [0.3, 0.4) is 0 Å². The number of para-hydroxylation sites is 2. The van der Waals surface area contributed by atoms with Gasteiger partial charge >= 0.3 is 6.03 Å². The van der Waals surface area contributed by atoms with Crippen LogP contribution in [0.4, 0.5) is 10.5 Å². The maximum absolute atomic E-state index is 12.9. The third kappa shape index (κ3) is 2.52. The quantitative estimate of drug-likeness (QED) is 0.846. The first-order valence-corrected chi connectivity index (χ1v) is 7.86. The maximum Gasteiger partial charge on any atom is 0.324 e. The zero-order valence-electron chi connectivity index (χ0n) is 12.7. The fourth-order valence-electron chi connectivity index (χ4n) is 3.36. The van der Waals surface area contributed by atoms with Gasteiger partial charge in [0.15, 0.2) is 0 Å². The predicted octanol–water partition coefficient (Wildman–Crippen LogP) is 1.20. The van der Waals surface area contributed by atoms with Crippen molar-refractivity contribution in [1.29, 1.82) is 0 Å². The molecule has 7 nitrogen and oxygen atoms in total. The van der Waals surface area contributed by atoms with Crippen LogP contribution in [0.25, 0.3) is 0 Å². The molecule has 1 fully saturated rings.